The minimum atomic E-state index is -2.08. The Morgan fingerprint density at radius 1 is 0.558 bits per heavy atom. The van der Waals surface area contributed by atoms with Gasteiger partial charge in [0.2, 0.25) is 29.6 Å². The quantitative estimate of drug-likeness (QED) is 0.00805. The summed E-state index contributed by atoms with van der Waals surface area (Å²) in [5, 5.41) is 100. The van der Waals surface area contributed by atoms with Gasteiger partial charge < -0.3 is 89.8 Å². The maximum atomic E-state index is 14.2. The standard InChI is InChI=1S/C69H83N19O23S2/c1-69(2,54(65(110)111)84-48(93)18-12-34(62(104)105)21-45(90)32-8-5-31(6-9-32)7-13-39-27-77-56-52(79-39)55(70)85-67(73)86-56)113-112-30-37(63(106)107)23-47(92)44(26-51(98)99)83-60(102)36(25-50(96)97)22-46(91)42(4-3-19-75-66(71)72)81-59(101)35(24-49(94)95)20-41(89)16-17-43(64(108)109)82-58(100)33-10-14-38(15-11-33)76-28-40-29-78-57-53(80-40)61(103)88-68(74)87-57/h5-6,8-11,14-15,27,29,34-37,42-44,54,76H,3-4,7,12-13,16-26,28,30H2,1-2H3,(H,81,101)(H,82,100)(H,83,102)(H,84,93)(H,94,95)(H,96,97)(H,98,99)(H,104,105)(H,106,107)(H,108,109)(H,110,111)(H4,71,72,75)(H4,70,73,77,85,86)(H3,74,78,87,88,103)/t34-,35+,36+,37+,42+,43+,44+,54-/m1/s1. The Labute approximate surface area is 647 Å². The van der Waals surface area contributed by atoms with E-state index in [0.29, 0.717) is 29.9 Å². The normalized spacial score (nSPS) is 13.4. The van der Waals surface area contributed by atoms with E-state index in [-0.39, 0.29) is 76.8 Å². The first-order chi connectivity index (χ1) is 53.2. The third-order valence-corrected chi connectivity index (χ3v) is 20.6. The summed E-state index contributed by atoms with van der Waals surface area (Å²) in [7, 11) is 1.47. The van der Waals surface area contributed by atoms with Crippen LogP contribution in [0.5, 0.6) is 0 Å². The predicted molar refractivity (Wildman–Crippen MR) is 400 cm³/mol. The number of fused-ring (bicyclic) bond motifs is 2. The summed E-state index contributed by atoms with van der Waals surface area (Å²) >= 11 is 0. The van der Waals surface area contributed by atoms with Gasteiger partial charge in [0.05, 0.1) is 90.1 Å². The Kier molecular flexibility index (Phi) is 32.9. The van der Waals surface area contributed by atoms with Crippen molar-refractivity contribution in [1.29, 1.82) is 10.8 Å². The molecule has 0 aliphatic heterocycles. The number of Topliss-reactive ketones (excluding diaryl/α,β-unsaturated/α-hetero) is 4. The number of carboxylic acids is 7. The first-order valence-corrected chi connectivity index (χ1v) is 36.8. The third kappa shape index (κ3) is 28.5. The number of aryl methyl sites for hydroxylation is 2. The Bertz CT molecular complexity index is 4740. The lowest BCUT2D eigenvalue weighted by Gasteiger charge is -2.31. The predicted octanol–water partition coefficient (Wildman–Crippen LogP) is 0.335. The zero-order valence-corrected chi connectivity index (χ0v) is 62.1. The number of carbonyl (C=O) groups excluding carboxylic acids is 8. The molecule has 0 bridgehead atoms. The zero-order chi connectivity index (χ0) is 83.6. The monoisotopic (exact) mass is 1610 g/mol. The molecule has 4 aromatic heterocycles. The fraction of sp³-hybridized carbons (Fsp3) is 0.420. The van der Waals surface area contributed by atoms with E-state index in [4.69, 9.17) is 28.0 Å². The topological polar surface area (TPSA) is 722 Å². The molecule has 6 rings (SSSR count). The van der Waals surface area contributed by atoms with Gasteiger partial charge in [-0.1, -0.05) is 45.9 Å². The smallest absolute Gasteiger partial charge is 0.327 e. The van der Waals surface area contributed by atoms with Crippen LogP contribution >= 0.6 is 21.6 Å². The maximum Gasteiger partial charge on any atom is 0.327 e. The van der Waals surface area contributed by atoms with Gasteiger partial charge in [-0.25, -0.2) is 29.5 Å². The first-order valence-electron chi connectivity index (χ1n) is 34.5. The minimum Gasteiger partial charge on any atom is -0.481 e. The molecule has 42 nitrogen and oxygen atoms in total. The highest BCUT2D eigenvalue weighted by molar-refractivity contribution is 8.77. The van der Waals surface area contributed by atoms with Crippen LogP contribution in [-0.4, -0.2) is 211 Å². The van der Waals surface area contributed by atoms with Crippen molar-refractivity contribution >= 4 is 156 Å². The van der Waals surface area contributed by atoms with Crippen molar-refractivity contribution in [3.05, 3.63) is 105 Å². The summed E-state index contributed by atoms with van der Waals surface area (Å²) in [4.78, 5) is 238. The van der Waals surface area contributed by atoms with Gasteiger partial charge in [-0.15, -0.1) is 0 Å². The number of H-pyrrole nitrogens is 2. The van der Waals surface area contributed by atoms with Gasteiger partial charge in [-0.05, 0) is 82.2 Å². The van der Waals surface area contributed by atoms with Crippen LogP contribution in [0.4, 0.5) is 17.6 Å². The molecule has 8 atom stereocenters. The number of benzene rings is 2. The molecule has 0 spiro atoms. The number of carbonyl (C=O) groups is 15. The molecule has 0 aliphatic rings. The Hall–Kier alpha value is -12.9. The molecule has 0 saturated carbocycles. The lowest BCUT2D eigenvalue weighted by atomic mass is 9.90. The van der Waals surface area contributed by atoms with Crippen LogP contribution in [0.3, 0.4) is 0 Å². The maximum absolute atomic E-state index is 14.2. The highest BCUT2D eigenvalue weighted by Crippen LogP contribution is 2.40. The number of amides is 4. The summed E-state index contributed by atoms with van der Waals surface area (Å²) in [5.74, 6) is -27.4. The lowest BCUT2D eigenvalue weighted by molar-refractivity contribution is -0.145. The molecule has 2 aromatic carbocycles. The molecule has 6 aromatic rings. The number of ketones is 4. The number of carboxylic acid groups (broad SMARTS) is 7. The van der Waals surface area contributed by atoms with Crippen molar-refractivity contribution in [1.82, 2.24) is 66.5 Å². The number of rotatable bonds is 49. The molecule has 23 N–H and O–H groups in total. The molecule has 0 unspecified atom stereocenters. The van der Waals surface area contributed by atoms with Crippen LogP contribution in [0, 0.1) is 34.5 Å². The van der Waals surface area contributed by atoms with Gasteiger partial charge in [-0.2, -0.15) is 9.97 Å². The van der Waals surface area contributed by atoms with Crippen molar-refractivity contribution in [2.24, 2.45) is 29.4 Å². The van der Waals surface area contributed by atoms with E-state index in [9.17, 15) is 112 Å². The summed E-state index contributed by atoms with van der Waals surface area (Å²) in [6.07, 6.45) is -5.87. The summed E-state index contributed by atoms with van der Waals surface area (Å²) in [6.45, 7) is 2.66. The van der Waals surface area contributed by atoms with E-state index in [0.717, 1.165) is 27.2 Å². The first kappa shape index (κ1) is 89.0. The number of nitrogens with two attached hydrogens (primary N) is 3. The zero-order valence-electron chi connectivity index (χ0n) is 60.5. The van der Waals surface area contributed by atoms with Crippen molar-refractivity contribution in [2.75, 3.05) is 29.1 Å². The number of hydrogen-bond donors (Lipinski definition) is 20. The molecule has 4 amide bonds. The number of nitrogens with one attached hydrogen (secondary N) is 10. The molecule has 0 fully saturated rings. The van der Waals surface area contributed by atoms with Gasteiger partial charge in [-0.3, -0.25) is 82.9 Å². The average Bonchev–Trinajstić information content (AvgIpc) is 0.815. The summed E-state index contributed by atoms with van der Waals surface area (Å²) in [5.41, 5.74) is 18.6. The van der Waals surface area contributed by atoms with E-state index >= 15 is 0 Å². The van der Waals surface area contributed by atoms with Crippen LogP contribution in [0.2, 0.25) is 0 Å². The highest BCUT2D eigenvalue weighted by atomic mass is 33.1. The van der Waals surface area contributed by atoms with E-state index in [2.05, 4.69) is 71.8 Å². The number of nitrogen functional groups attached to an aromatic ring is 2. The van der Waals surface area contributed by atoms with E-state index in [1.165, 1.54) is 62.6 Å². The molecule has 0 saturated heterocycles. The molecular weight excluding hydrogens is 1530 g/mol. The van der Waals surface area contributed by atoms with Gasteiger partial charge >= 0.3 is 41.8 Å². The van der Waals surface area contributed by atoms with Crippen LogP contribution in [0.1, 0.15) is 135 Å². The summed E-state index contributed by atoms with van der Waals surface area (Å²) in [6, 6.07) is 4.74. The van der Waals surface area contributed by atoms with E-state index in [1.807, 2.05) is 0 Å². The van der Waals surface area contributed by atoms with Crippen molar-refractivity contribution in [3.8, 4) is 0 Å². The summed E-state index contributed by atoms with van der Waals surface area (Å²) < 4.78 is -1.51. The Balaban J connectivity index is 1.02. The number of guanidine groups is 1. The highest BCUT2D eigenvalue weighted by Gasteiger charge is 2.40. The number of aromatic amines is 2. The molecule has 0 radical (unpaired) electrons. The second-order valence-corrected chi connectivity index (χ2v) is 29.5. The molecule has 44 heteroatoms. The van der Waals surface area contributed by atoms with Crippen LogP contribution in [0.15, 0.2) is 65.7 Å². The number of hydrogen-bond acceptors (Lipinski definition) is 29. The number of aliphatic carboxylic acids is 7. The van der Waals surface area contributed by atoms with Crippen LogP contribution in [0.25, 0.3) is 22.3 Å². The second-order valence-electron chi connectivity index (χ2n) is 26.5. The van der Waals surface area contributed by atoms with Gasteiger partial charge in [0.15, 0.2) is 51.1 Å². The third-order valence-electron chi connectivity index (χ3n) is 17.3. The fourth-order valence-electron chi connectivity index (χ4n) is 11.2. The Morgan fingerprint density at radius 2 is 1.12 bits per heavy atom. The van der Waals surface area contributed by atoms with Crippen molar-refractivity contribution in [2.45, 2.75) is 146 Å². The molecule has 4 heterocycles. The number of aromatic nitrogens is 8. The molecule has 0 aliphatic carbocycles. The van der Waals surface area contributed by atoms with Crippen molar-refractivity contribution < 1.29 is 108 Å². The van der Waals surface area contributed by atoms with E-state index in [1.54, 1.807) is 12.1 Å². The van der Waals surface area contributed by atoms with Crippen LogP contribution < -0.4 is 60.1 Å². The average molecular weight is 1610 g/mol. The van der Waals surface area contributed by atoms with Gasteiger partial charge in [0, 0.05) is 67.6 Å². The number of anilines is 3. The largest absolute Gasteiger partial charge is 0.481 e. The molecular formula is C69H83N19O23S2. The second kappa shape index (κ2) is 41.8. The number of nitrogens with zero attached hydrogens (tertiary/aromatic N) is 6. The SMILES string of the molecule is CC(C)(SSC[C@H](CC(=O)[C@H](CC(=O)O)NC(=O)[C@H](CC(=O)O)CC(=O)[C@H](CCCNC(=N)N)NC(=O)[C@H](CC(=O)O)CC(=O)CC[C@H](NC(=O)c1ccc(NCc2cnc3nc(N)[nH]c(=O)c3n2)cc1)C(=O)O)C(=O)O)[C@H](NC(=O)CC[C@H](CC(=O)c1ccc(CCc2cnc3nc(N)[nH]c(=N)c3n2)cc1)C(=O)O)C(=O)O. The lowest BCUT2D eigenvalue weighted by Crippen LogP contribution is -2.52. The van der Waals surface area contributed by atoms with Gasteiger partial charge in [0.1, 0.15) is 17.9 Å². The van der Waals surface area contributed by atoms with Crippen molar-refractivity contribution in [3.63, 3.8) is 0 Å². The van der Waals surface area contributed by atoms with E-state index < -0.39 is 229 Å². The molecule has 113 heavy (non-hydrogen) atoms. The molecule has 604 valence electrons. The van der Waals surface area contributed by atoms with Gasteiger partial charge in [0.25, 0.3) is 11.5 Å². The van der Waals surface area contributed by atoms with Crippen LogP contribution in [-0.2, 0) is 81.7 Å². The Morgan fingerprint density at radius 3 is 1.71 bits per heavy atom. The minimum absolute atomic E-state index is 0.00568. The fourth-order valence-corrected chi connectivity index (χ4v) is 14.2.